The van der Waals surface area contributed by atoms with Crippen LogP contribution in [-0.4, -0.2) is 19.1 Å². The van der Waals surface area contributed by atoms with E-state index in [4.69, 9.17) is 9.47 Å². The summed E-state index contributed by atoms with van der Waals surface area (Å²) in [4.78, 5) is 14.0. The van der Waals surface area contributed by atoms with Gasteiger partial charge < -0.3 is 14.8 Å². The molecule has 0 saturated heterocycles. The van der Waals surface area contributed by atoms with Crippen LogP contribution in [0.15, 0.2) is 22.2 Å². The lowest BCUT2D eigenvalue weighted by molar-refractivity contribution is -0.112. The van der Waals surface area contributed by atoms with Crippen molar-refractivity contribution < 1.29 is 14.3 Å². The van der Waals surface area contributed by atoms with Crippen LogP contribution >= 0.6 is 27.3 Å². The number of thiophene rings is 1. The van der Waals surface area contributed by atoms with Crippen molar-refractivity contribution in [1.82, 2.24) is 0 Å². The third-order valence-electron chi connectivity index (χ3n) is 4.84. The quantitative estimate of drug-likeness (QED) is 0.394. The van der Waals surface area contributed by atoms with Gasteiger partial charge in [-0.05, 0) is 73.2 Å². The monoisotopic (exact) mass is 499 g/mol. The minimum atomic E-state index is -0.551. The minimum Gasteiger partial charge on any atom is -0.493 e. The molecule has 31 heavy (non-hydrogen) atoms. The Morgan fingerprint density at radius 2 is 1.90 bits per heavy atom. The molecule has 1 aromatic carbocycles. The van der Waals surface area contributed by atoms with Gasteiger partial charge in [0.15, 0.2) is 0 Å². The fraction of sp³-hybridized carbons (Fsp3) is 0.348. The van der Waals surface area contributed by atoms with E-state index in [2.05, 4.69) is 27.3 Å². The molecule has 0 unspecified atom stereocenters. The number of anilines is 1. The minimum absolute atomic E-state index is 0.0766. The van der Waals surface area contributed by atoms with Crippen LogP contribution < -0.4 is 14.8 Å². The summed E-state index contributed by atoms with van der Waals surface area (Å²) in [6.45, 7) is 4.66. The Hall–Kier alpha value is -2.81. The third kappa shape index (κ3) is 5.10. The second kappa shape index (κ2) is 10.5. The fourth-order valence-corrected chi connectivity index (χ4v) is 5.17. The number of carbonyl (C=O) groups excluding carboxylic acids is 1. The maximum Gasteiger partial charge on any atom is 0.266 e. The van der Waals surface area contributed by atoms with Crippen LogP contribution in [0.4, 0.5) is 5.00 Å². The number of ether oxygens (including phenoxy) is 2. The van der Waals surface area contributed by atoms with Crippen LogP contribution in [0.5, 0.6) is 11.5 Å². The van der Waals surface area contributed by atoms with Crippen molar-refractivity contribution in [2.45, 2.75) is 39.5 Å². The Morgan fingerprint density at radius 3 is 2.58 bits per heavy atom. The average molecular weight is 500 g/mol. The summed E-state index contributed by atoms with van der Waals surface area (Å²) in [6.07, 6.45) is 5.39. The first-order chi connectivity index (χ1) is 15.0. The van der Waals surface area contributed by atoms with Crippen molar-refractivity contribution in [2.75, 3.05) is 18.5 Å². The maximum absolute atomic E-state index is 12.9. The highest BCUT2D eigenvalue weighted by atomic mass is 79.9. The molecule has 3 rings (SSSR count). The van der Waals surface area contributed by atoms with Gasteiger partial charge in [-0.2, -0.15) is 10.5 Å². The number of rotatable bonds is 7. The number of fused-ring (bicyclic) bond motifs is 1. The van der Waals surface area contributed by atoms with Crippen LogP contribution in [-0.2, 0) is 17.6 Å². The highest BCUT2D eigenvalue weighted by molar-refractivity contribution is 9.10. The Balaban J connectivity index is 1.93. The molecule has 1 heterocycles. The molecule has 0 fully saturated rings. The standard InChI is InChI=1S/C23H22BrN3O3S/c1-3-29-19-11-20(30-4-2)18(24)10-14(19)9-15(12-25)22(28)27-23-17(13-26)16-7-5-6-8-21(16)31-23/h9-11H,3-8H2,1-2H3,(H,27,28)/b15-9+. The first kappa shape index (κ1) is 22.9. The highest BCUT2D eigenvalue weighted by Gasteiger charge is 2.23. The molecule has 0 bridgehead atoms. The molecule has 1 N–H and O–H groups in total. The highest BCUT2D eigenvalue weighted by Crippen LogP contribution is 2.38. The summed E-state index contributed by atoms with van der Waals surface area (Å²) < 4.78 is 12.0. The Labute approximate surface area is 194 Å². The zero-order chi connectivity index (χ0) is 22.4. The molecule has 0 aliphatic heterocycles. The summed E-state index contributed by atoms with van der Waals surface area (Å²) in [5.41, 5.74) is 2.05. The van der Waals surface area contributed by atoms with Gasteiger partial charge in [-0.3, -0.25) is 4.79 Å². The maximum atomic E-state index is 12.9. The number of aryl methyl sites for hydroxylation is 1. The van der Waals surface area contributed by atoms with Gasteiger partial charge in [0.2, 0.25) is 0 Å². The molecule has 0 radical (unpaired) electrons. The predicted octanol–water partition coefficient (Wildman–Crippen LogP) is 5.60. The summed E-state index contributed by atoms with van der Waals surface area (Å²) in [6, 6.07) is 7.68. The number of carbonyl (C=O) groups is 1. The molecule has 1 aliphatic carbocycles. The van der Waals surface area contributed by atoms with Crippen LogP contribution in [0.25, 0.3) is 6.08 Å². The Bertz CT molecular complexity index is 1110. The van der Waals surface area contributed by atoms with Crippen molar-refractivity contribution in [1.29, 1.82) is 10.5 Å². The lowest BCUT2D eigenvalue weighted by Crippen LogP contribution is -2.13. The molecule has 160 valence electrons. The van der Waals surface area contributed by atoms with E-state index in [0.29, 0.717) is 45.3 Å². The molecule has 8 heteroatoms. The van der Waals surface area contributed by atoms with E-state index in [1.807, 2.05) is 19.9 Å². The topological polar surface area (TPSA) is 95.1 Å². The number of halogens is 1. The average Bonchev–Trinajstić information content (AvgIpc) is 3.11. The van der Waals surface area contributed by atoms with Crippen molar-refractivity contribution in [3.8, 4) is 23.6 Å². The van der Waals surface area contributed by atoms with Crippen LogP contribution in [0.3, 0.4) is 0 Å². The Morgan fingerprint density at radius 1 is 1.19 bits per heavy atom. The number of nitrogens with zero attached hydrogens (tertiary/aromatic N) is 2. The molecule has 2 aromatic rings. The molecular weight excluding hydrogens is 478 g/mol. The van der Waals surface area contributed by atoms with Gasteiger partial charge in [-0.25, -0.2) is 0 Å². The second-order valence-electron chi connectivity index (χ2n) is 6.84. The summed E-state index contributed by atoms with van der Waals surface area (Å²) in [5.74, 6) is 0.581. The molecule has 0 spiro atoms. The predicted molar refractivity (Wildman–Crippen MR) is 124 cm³/mol. The lowest BCUT2D eigenvalue weighted by atomic mass is 9.96. The lowest BCUT2D eigenvalue weighted by Gasteiger charge is -2.13. The van der Waals surface area contributed by atoms with Gasteiger partial charge in [-0.1, -0.05) is 0 Å². The van der Waals surface area contributed by atoms with Crippen LogP contribution in [0, 0.1) is 22.7 Å². The van der Waals surface area contributed by atoms with Crippen LogP contribution in [0.1, 0.15) is 48.3 Å². The van der Waals surface area contributed by atoms with Gasteiger partial charge in [0, 0.05) is 16.5 Å². The summed E-state index contributed by atoms with van der Waals surface area (Å²) >= 11 is 4.89. The van der Waals surface area contributed by atoms with E-state index in [9.17, 15) is 15.3 Å². The van der Waals surface area contributed by atoms with Crippen molar-refractivity contribution >= 4 is 44.3 Å². The van der Waals surface area contributed by atoms with Crippen molar-refractivity contribution in [3.05, 3.63) is 43.7 Å². The SMILES string of the molecule is CCOc1cc(OCC)c(/C=C(\C#N)C(=O)Nc2sc3c(c2C#N)CCCC3)cc1Br. The summed E-state index contributed by atoms with van der Waals surface area (Å²) in [7, 11) is 0. The smallest absolute Gasteiger partial charge is 0.266 e. The number of hydrogen-bond donors (Lipinski definition) is 1. The van der Waals surface area contributed by atoms with Gasteiger partial charge >= 0.3 is 0 Å². The zero-order valence-electron chi connectivity index (χ0n) is 17.4. The third-order valence-corrected chi connectivity index (χ3v) is 6.67. The van der Waals surface area contributed by atoms with E-state index in [0.717, 1.165) is 36.1 Å². The first-order valence-electron chi connectivity index (χ1n) is 10.1. The number of amides is 1. The molecule has 1 aromatic heterocycles. The van der Waals surface area contributed by atoms with Gasteiger partial charge in [0.25, 0.3) is 5.91 Å². The molecule has 1 amide bonds. The molecule has 6 nitrogen and oxygen atoms in total. The molecular formula is C23H22BrN3O3S. The fourth-order valence-electron chi connectivity index (χ4n) is 3.46. The number of benzene rings is 1. The van der Waals surface area contributed by atoms with Gasteiger partial charge in [-0.15, -0.1) is 11.3 Å². The van der Waals surface area contributed by atoms with Crippen LogP contribution in [0.2, 0.25) is 0 Å². The first-order valence-corrected chi connectivity index (χ1v) is 11.7. The number of hydrogen-bond acceptors (Lipinski definition) is 6. The zero-order valence-corrected chi connectivity index (χ0v) is 19.8. The Kier molecular flexibility index (Phi) is 7.73. The van der Waals surface area contributed by atoms with Crippen molar-refractivity contribution in [3.63, 3.8) is 0 Å². The normalized spacial score (nSPS) is 13.0. The van der Waals surface area contributed by atoms with Gasteiger partial charge in [0.1, 0.15) is 34.2 Å². The van der Waals surface area contributed by atoms with Crippen molar-refractivity contribution in [2.24, 2.45) is 0 Å². The van der Waals surface area contributed by atoms with E-state index in [1.54, 1.807) is 12.1 Å². The molecule has 0 saturated carbocycles. The van der Waals surface area contributed by atoms with E-state index < -0.39 is 5.91 Å². The molecule has 0 atom stereocenters. The largest absolute Gasteiger partial charge is 0.493 e. The molecule has 1 aliphatic rings. The number of nitrogens with one attached hydrogen (secondary N) is 1. The number of nitriles is 2. The summed E-state index contributed by atoms with van der Waals surface area (Å²) in [5, 5.41) is 22.5. The van der Waals surface area contributed by atoms with Gasteiger partial charge in [0.05, 0.1) is 23.2 Å². The van der Waals surface area contributed by atoms with E-state index in [1.165, 1.54) is 17.4 Å². The van der Waals surface area contributed by atoms with E-state index >= 15 is 0 Å². The van der Waals surface area contributed by atoms with E-state index in [-0.39, 0.29) is 5.57 Å². The second-order valence-corrected chi connectivity index (χ2v) is 8.80.